The second-order valence-electron chi connectivity index (χ2n) is 4.75. The molecule has 1 unspecified atom stereocenters. The Kier molecular flexibility index (Phi) is 6.45. The molecule has 0 spiro atoms. The number of carbonyl (C=O) groups is 1. The first-order chi connectivity index (χ1) is 9.90. The Morgan fingerprint density at radius 2 is 2.24 bits per heavy atom. The molecule has 0 saturated heterocycles. The largest absolute Gasteiger partial charge is 0.409 e. The molecule has 0 aliphatic rings. The molecule has 1 aromatic carbocycles. The van der Waals surface area contributed by atoms with E-state index in [1.54, 1.807) is 30.1 Å². The van der Waals surface area contributed by atoms with E-state index in [0.29, 0.717) is 23.7 Å². The van der Waals surface area contributed by atoms with Gasteiger partial charge in [-0.05, 0) is 25.5 Å². The van der Waals surface area contributed by atoms with Gasteiger partial charge in [0.1, 0.15) is 0 Å². The lowest BCUT2D eigenvalue weighted by Crippen LogP contribution is -2.42. The number of amidine groups is 1. The van der Waals surface area contributed by atoms with Crippen molar-refractivity contribution in [2.45, 2.75) is 26.4 Å². The third kappa shape index (κ3) is 4.61. The predicted molar refractivity (Wildman–Crippen MR) is 83.6 cm³/mol. The van der Waals surface area contributed by atoms with E-state index in [1.165, 1.54) is 0 Å². The van der Waals surface area contributed by atoms with Crippen LogP contribution in [0.1, 0.15) is 25.0 Å². The van der Waals surface area contributed by atoms with Crippen molar-refractivity contribution in [2.24, 2.45) is 10.9 Å². The Labute approximate surface area is 129 Å². The zero-order valence-electron chi connectivity index (χ0n) is 12.4. The van der Waals surface area contributed by atoms with Crippen LogP contribution < -0.4 is 11.1 Å². The van der Waals surface area contributed by atoms with Gasteiger partial charge in [0, 0.05) is 30.7 Å². The van der Waals surface area contributed by atoms with Crippen LogP contribution in [0.3, 0.4) is 0 Å². The summed E-state index contributed by atoms with van der Waals surface area (Å²) in [6.45, 7) is 4.86. The lowest BCUT2D eigenvalue weighted by Gasteiger charge is -2.21. The molecule has 0 bridgehead atoms. The van der Waals surface area contributed by atoms with Crippen LogP contribution >= 0.6 is 11.6 Å². The van der Waals surface area contributed by atoms with Crippen LogP contribution in [0.5, 0.6) is 0 Å². The second kappa shape index (κ2) is 7.85. The number of nitrogens with one attached hydrogen (secondary N) is 1. The first-order valence-corrected chi connectivity index (χ1v) is 7.03. The number of nitrogens with zero attached hydrogens (tertiary/aromatic N) is 2. The number of oxime groups is 1. The maximum Gasteiger partial charge on any atom is 0.239 e. The van der Waals surface area contributed by atoms with Crippen LogP contribution in [0.15, 0.2) is 23.4 Å². The highest BCUT2D eigenvalue weighted by molar-refractivity contribution is 6.31. The topological polar surface area (TPSA) is 91.0 Å². The van der Waals surface area contributed by atoms with Gasteiger partial charge in [0.2, 0.25) is 5.91 Å². The summed E-state index contributed by atoms with van der Waals surface area (Å²) in [6.07, 6.45) is 0. The molecular formula is C14H21ClN4O2. The number of carbonyl (C=O) groups excluding carboxylic acids is 1. The molecule has 0 fully saturated rings. The van der Waals surface area contributed by atoms with Crippen molar-refractivity contribution in [2.75, 3.05) is 13.6 Å². The van der Waals surface area contributed by atoms with Gasteiger partial charge in [-0.1, -0.05) is 28.9 Å². The molecule has 1 amide bonds. The monoisotopic (exact) mass is 312 g/mol. The molecule has 116 valence electrons. The Balaban J connectivity index is 2.70. The van der Waals surface area contributed by atoms with Gasteiger partial charge < -0.3 is 21.2 Å². The minimum Gasteiger partial charge on any atom is -0.409 e. The predicted octanol–water partition coefficient (Wildman–Crippen LogP) is 1.39. The van der Waals surface area contributed by atoms with Crippen LogP contribution in [0.25, 0.3) is 0 Å². The van der Waals surface area contributed by atoms with Gasteiger partial charge in [0.05, 0.1) is 6.04 Å². The molecular weight excluding hydrogens is 292 g/mol. The van der Waals surface area contributed by atoms with E-state index in [4.69, 9.17) is 22.5 Å². The van der Waals surface area contributed by atoms with Crippen molar-refractivity contribution < 1.29 is 10.0 Å². The zero-order chi connectivity index (χ0) is 16.0. The number of nitrogens with two attached hydrogens (primary N) is 1. The normalized spacial score (nSPS) is 13.0. The van der Waals surface area contributed by atoms with Gasteiger partial charge in [-0.15, -0.1) is 0 Å². The molecule has 0 heterocycles. The molecule has 1 rings (SSSR count). The minimum absolute atomic E-state index is 0.00419. The quantitative estimate of drug-likeness (QED) is 0.320. The summed E-state index contributed by atoms with van der Waals surface area (Å²) in [5.41, 5.74) is 6.88. The average Bonchev–Trinajstić information content (AvgIpc) is 2.50. The van der Waals surface area contributed by atoms with Crippen molar-refractivity contribution in [1.82, 2.24) is 10.2 Å². The number of hydrogen-bond acceptors (Lipinski definition) is 4. The summed E-state index contributed by atoms with van der Waals surface area (Å²) < 4.78 is 0. The summed E-state index contributed by atoms with van der Waals surface area (Å²) >= 11 is 6.16. The molecule has 7 heteroatoms. The fourth-order valence-electron chi connectivity index (χ4n) is 1.74. The molecule has 0 aliphatic heterocycles. The van der Waals surface area contributed by atoms with Gasteiger partial charge in [0.15, 0.2) is 5.84 Å². The number of likely N-dealkylation sites (N-methyl/N-ethyl adjacent to an activating group) is 1. The standard InChI is InChI=1S/C14H21ClN4O2/c1-4-19(3)14(20)9(2)17-8-11-6-5-10(7-12(11)15)13(16)18-21/h5-7,9,17,21H,4,8H2,1-3H3,(H2,16,18). The van der Waals surface area contributed by atoms with Crippen molar-refractivity contribution in [1.29, 1.82) is 0 Å². The van der Waals surface area contributed by atoms with E-state index >= 15 is 0 Å². The fourth-order valence-corrected chi connectivity index (χ4v) is 1.99. The Morgan fingerprint density at radius 3 is 2.76 bits per heavy atom. The number of rotatable bonds is 6. The molecule has 4 N–H and O–H groups in total. The number of amides is 1. The van der Waals surface area contributed by atoms with Gasteiger partial charge in [-0.3, -0.25) is 4.79 Å². The summed E-state index contributed by atoms with van der Waals surface area (Å²) in [4.78, 5) is 13.6. The van der Waals surface area contributed by atoms with Gasteiger partial charge >= 0.3 is 0 Å². The van der Waals surface area contributed by atoms with E-state index in [-0.39, 0.29) is 17.8 Å². The first-order valence-electron chi connectivity index (χ1n) is 6.65. The summed E-state index contributed by atoms with van der Waals surface area (Å²) in [7, 11) is 1.76. The van der Waals surface area contributed by atoms with Gasteiger partial charge in [-0.25, -0.2) is 0 Å². The van der Waals surface area contributed by atoms with Crippen molar-refractivity contribution in [3.05, 3.63) is 34.3 Å². The van der Waals surface area contributed by atoms with Crippen LogP contribution in [0.2, 0.25) is 5.02 Å². The molecule has 0 aromatic heterocycles. The van der Waals surface area contributed by atoms with Crippen LogP contribution in [0.4, 0.5) is 0 Å². The van der Waals surface area contributed by atoms with E-state index in [9.17, 15) is 4.79 Å². The number of halogens is 1. The highest BCUT2D eigenvalue weighted by Crippen LogP contribution is 2.18. The third-order valence-corrected chi connectivity index (χ3v) is 3.63. The Morgan fingerprint density at radius 1 is 1.57 bits per heavy atom. The third-order valence-electron chi connectivity index (χ3n) is 3.28. The molecule has 0 radical (unpaired) electrons. The smallest absolute Gasteiger partial charge is 0.239 e. The number of benzene rings is 1. The lowest BCUT2D eigenvalue weighted by atomic mass is 10.1. The minimum atomic E-state index is -0.297. The van der Waals surface area contributed by atoms with Crippen LogP contribution in [-0.2, 0) is 11.3 Å². The first kappa shape index (κ1) is 17.3. The molecule has 1 atom stereocenters. The van der Waals surface area contributed by atoms with Crippen molar-refractivity contribution in [3.8, 4) is 0 Å². The summed E-state index contributed by atoms with van der Waals surface area (Å²) in [6, 6.07) is 4.82. The Bertz CT molecular complexity index is 534. The summed E-state index contributed by atoms with van der Waals surface area (Å²) in [5.74, 6) is 0.0337. The molecule has 0 saturated carbocycles. The molecule has 0 aliphatic carbocycles. The fraction of sp³-hybridized carbons (Fsp3) is 0.429. The maximum absolute atomic E-state index is 11.9. The highest BCUT2D eigenvalue weighted by atomic mass is 35.5. The zero-order valence-corrected chi connectivity index (χ0v) is 13.2. The van der Waals surface area contributed by atoms with Gasteiger partial charge in [-0.2, -0.15) is 0 Å². The Hall–Kier alpha value is -1.79. The van der Waals surface area contributed by atoms with Crippen molar-refractivity contribution >= 4 is 23.3 Å². The average molecular weight is 313 g/mol. The van der Waals surface area contributed by atoms with E-state index < -0.39 is 0 Å². The van der Waals surface area contributed by atoms with Crippen molar-refractivity contribution in [3.63, 3.8) is 0 Å². The summed E-state index contributed by atoms with van der Waals surface area (Å²) in [5, 5.41) is 15.2. The number of hydrogen-bond donors (Lipinski definition) is 3. The second-order valence-corrected chi connectivity index (χ2v) is 5.15. The van der Waals surface area contributed by atoms with Crippen LogP contribution in [-0.4, -0.2) is 41.5 Å². The lowest BCUT2D eigenvalue weighted by molar-refractivity contribution is -0.131. The van der Waals surface area contributed by atoms with Crippen LogP contribution in [0, 0.1) is 0 Å². The maximum atomic E-state index is 11.9. The van der Waals surface area contributed by atoms with Gasteiger partial charge in [0.25, 0.3) is 0 Å². The SMILES string of the molecule is CCN(C)C(=O)C(C)NCc1ccc(/C(N)=N/O)cc1Cl. The highest BCUT2D eigenvalue weighted by Gasteiger charge is 2.16. The van der Waals surface area contributed by atoms with E-state index in [2.05, 4.69) is 10.5 Å². The molecule has 21 heavy (non-hydrogen) atoms. The van der Waals surface area contributed by atoms with E-state index in [1.807, 2.05) is 13.8 Å². The van der Waals surface area contributed by atoms with E-state index in [0.717, 1.165) is 5.56 Å². The molecule has 1 aromatic rings. The molecule has 6 nitrogen and oxygen atoms in total.